The lowest BCUT2D eigenvalue weighted by molar-refractivity contribution is 0.395. The molecule has 0 bridgehead atoms. The normalized spacial score (nSPS) is 14.6. The van der Waals surface area contributed by atoms with Crippen molar-refractivity contribution in [1.29, 1.82) is 0 Å². The molecule has 0 saturated heterocycles. The fraction of sp³-hybridized carbons (Fsp3) is 0.429. The van der Waals surface area contributed by atoms with Crippen LogP contribution in [-0.4, -0.2) is 27.7 Å². The van der Waals surface area contributed by atoms with Crippen LogP contribution in [0.25, 0.3) is 0 Å². The minimum absolute atomic E-state index is 0.648. The van der Waals surface area contributed by atoms with Crippen molar-refractivity contribution in [2.75, 3.05) is 7.11 Å². The maximum Gasteiger partial charge on any atom is 0.213 e. The summed E-state index contributed by atoms with van der Waals surface area (Å²) in [7, 11) is 1.63. The minimum Gasteiger partial charge on any atom is -0.481 e. The molecule has 1 saturated carbocycles. The number of methoxy groups -OCH3 is 1. The lowest BCUT2D eigenvalue weighted by Crippen LogP contribution is -2.19. The SMILES string of the molecule is COc1cccc(Cn2ccnc2CNC2CC2)n1. The number of hydrogen-bond acceptors (Lipinski definition) is 4. The van der Waals surface area contributed by atoms with Crippen LogP contribution < -0.4 is 10.1 Å². The van der Waals surface area contributed by atoms with Gasteiger partial charge in [0.1, 0.15) is 5.82 Å². The topological polar surface area (TPSA) is 52.0 Å². The van der Waals surface area contributed by atoms with E-state index in [1.165, 1.54) is 12.8 Å². The molecule has 2 aromatic heterocycles. The highest BCUT2D eigenvalue weighted by Crippen LogP contribution is 2.19. The predicted octanol–water partition coefficient (Wildman–Crippen LogP) is 1.59. The van der Waals surface area contributed by atoms with Crippen molar-refractivity contribution in [1.82, 2.24) is 19.9 Å². The third-order valence-electron chi connectivity index (χ3n) is 3.25. The van der Waals surface area contributed by atoms with E-state index < -0.39 is 0 Å². The second-order valence-electron chi connectivity index (χ2n) is 4.80. The van der Waals surface area contributed by atoms with Crippen molar-refractivity contribution in [2.45, 2.75) is 32.0 Å². The van der Waals surface area contributed by atoms with Gasteiger partial charge in [0.2, 0.25) is 5.88 Å². The summed E-state index contributed by atoms with van der Waals surface area (Å²) < 4.78 is 7.27. The molecule has 0 atom stereocenters. The zero-order chi connectivity index (χ0) is 13.1. The van der Waals surface area contributed by atoms with Gasteiger partial charge >= 0.3 is 0 Å². The highest BCUT2D eigenvalue weighted by atomic mass is 16.5. The zero-order valence-electron chi connectivity index (χ0n) is 11.0. The van der Waals surface area contributed by atoms with Crippen molar-refractivity contribution >= 4 is 0 Å². The van der Waals surface area contributed by atoms with E-state index in [9.17, 15) is 0 Å². The Balaban J connectivity index is 1.69. The van der Waals surface area contributed by atoms with E-state index in [0.29, 0.717) is 11.9 Å². The first kappa shape index (κ1) is 12.2. The standard InChI is InChI=1S/C14H18N4O/c1-19-14-4-2-3-12(17-14)10-18-8-7-15-13(18)9-16-11-5-6-11/h2-4,7-8,11,16H,5-6,9-10H2,1H3. The fourth-order valence-electron chi connectivity index (χ4n) is 2.01. The molecule has 0 radical (unpaired) electrons. The highest BCUT2D eigenvalue weighted by molar-refractivity contribution is 5.16. The lowest BCUT2D eigenvalue weighted by atomic mass is 10.3. The number of imidazole rings is 1. The Bertz CT molecular complexity index is 548. The highest BCUT2D eigenvalue weighted by Gasteiger charge is 2.20. The van der Waals surface area contributed by atoms with E-state index in [1.54, 1.807) is 7.11 Å². The monoisotopic (exact) mass is 258 g/mol. The van der Waals surface area contributed by atoms with Gasteiger partial charge in [0.05, 0.1) is 25.9 Å². The first-order valence-electron chi connectivity index (χ1n) is 6.58. The number of nitrogens with one attached hydrogen (secondary N) is 1. The van der Waals surface area contributed by atoms with Crippen LogP contribution in [0.15, 0.2) is 30.6 Å². The Morgan fingerprint density at radius 2 is 2.32 bits per heavy atom. The van der Waals surface area contributed by atoms with E-state index in [1.807, 2.05) is 30.6 Å². The molecule has 3 rings (SSSR count). The molecule has 0 aromatic carbocycles. The molecular formula is C14H18N4O. The maximum absolute atomic E-state index is 5.14. The maximum atomic E-state index is 5.14. The van der Waals surface area contributed by atoms with E-state index in [2.05, 4.69) is 19.9 Å². The predicted molar refractivity (Wildman–Crippen MR) is 72.0 cm³/mol. The molecular weight excluding hydrogens is 240 g/mol. The number of aromatic nitrogens is 3. The summed E-state index contributed by atoms with van der Waals surface area (Å²) in [6.45, 7) is 1.54. The van der Waals surface area contributed by atoms with Gasteiger partial charge in [0, 0.05) is 24.5 Å². The van der Waals surface area contributed by atoms with Gasteiger partial charge in [-0.15, -0.1) is 0 Å². The molecule has 5 heteroatoms. The molecule has 1 fully saturated rings. The van der Waals surface area contributed by atoms with E-state index in [0.717, 1.165) is 24.6 Å². The summed E-state index contributed by atoms with van der Waals surface area (Å²) in [6, 6.07) is 6.51. The van der Waals surface area contributed by atoms with E-state index in [4.69, 9.17) is 4.74 Å². The summed E-state index contributed by atoms with van der Waals surface area (Å²) in [4.78, 5) is 8.82. The third kappa shape index (κ3) is 3.12. The van der Waals surface area contributed by atoms with Crippen molar-refractivity contribution in [3.63, 3.8) is 0 Å². The quantitative estimate of drug-likeness (QED) is 0.855. The Morgan fingerprint density at radius 3 is 3.11 bits per heavy atom. The van der Waals surface area contributed by atoms with Gasteiger partial charge in [0.15, 0.2) is 0 Å². The number of nitrogens with zero attached hydrogens (tertiary/aromatic N) is 3. The Labute approximate surface area is 112 Å². The number of pyridine rings is 1. The lowest BCUT2D eigenvalue weighted by Gasteiger charge is -2.09. The Morgan fingerprint density at radius 1 is 1.42 bits per heavy atom. The van der Waals surface area contributed by atoms with Crippen LogP contribution in [0.2, 0.25) is 0 Å². The van der Waals surface area contributed by atoms with Crippen molar-refractivity contribution in [3.05, 3.63) is 42.1 Å². The first-order chi connectivity index (χ1) is 9.35. The van der Waals surface area contributed by atoms with Crippen LogP contribution >= 0.6 is 0 Å². The van der Waals surface area contributed by atoms with Gasteiger partial charge in [-0.1, -0.05) is 6.07 Å². The average Bonchev–Trinajstić information content (AvgIpc) is 3.17. The largest absolute Gasteiger partial charge is 0.481 e. The number of hydrogen-bond donors (Lipinski definition) is 1. The molecule has 19 heavy (non-hydrogen) atoms. The Kier molecular flexibility index (Phi) is 3.46. The molecule has 0 unspecified atom stereocenters. The van der Waals surface area contributed by atoms with Crippen molar-refractivity contribution in [2.24, 2.45) is 0 Å². The van der Waals surface area contributed by atoms with Crippen LogP contribution in [0, 0.1) is 0 Å². The third-order valence-corrected chi connectivity index (χ3v) is 3.25. The average molecular weight is 258 g/mol. The molecule has 5 nitrogen and oxygen atoms in total. The molecule has 2 aromatic rings. The van der Waals surface area contributed by atoms with Gasteiger partial charge in [-0.3, -0.25) is 0 Å². The molecule has 1 aliphatic carbocycles. The molecule has 0 aliphatic heterocycles. The Hall–Kier alpha value is -1.88. The van der Waals surface area contributed by atoms with Crippen LogP contribution in [0.1, 0.15) is 24.4 Å². The van der Waals surface area contributed by atoms with Crippen LogP contribution in [0.5, 0.6) is 5.88 Å². The fourth-order valence-corrected chi connectivity index (χ4v) is 2.01. The van der Waals surface area contributed by atoms with Gasteiger partial charge in [-0.05, 0) is 18.9 Å². The summed E-state index contributed by atoms with van der Waals surface area (Å²) in [6.07, 6.45) is 6.41. The summed E-state index contributed by atoms with van der Waals surface area (Å²) in [5.74, 6) is 1.70. The summed E-state index contributed by atoms with van der Waals surface area (Å²) in [5.41, 5.74) is 0.977. The van der Waals surface area contributed by atoms with Crippen LogP contribution in [0.4, 0.5) is 0 Å². The second kappa shape index (κ2) is 5.40. The van der Waals surface area contributed by atoms with Gasteiger partial charge < -0.3 is 14.6 Å². The summed E-state index contributed by atoms with van der Waals surface area (Å²) >= 11 is 0. The van der Waals surface area contributed by atoms with Crippen molar-refractivity contribution in [3.8, 4) is 5.88 Å². The van der Waals surface area contributed by atoms with Crippen molar-refractivity contribution < 1.29 is 4.74 Å². The minimum atomic E-state index is 0.648. The molecule has 0 spiro atoms. The number of rotatable bonds is 6. The van der Waals surface area contributed by atoms with Crippen LogP contribution in [0.3, 0.4) is 0 Å². The second-order valence-corrected chi connectivity index (χ2v) is 4.80. The summed E-state index contributed by atoms with van der Waals surface area (Å²) in [5, 5.41) is 3.48. The first-order valence-corrected chi connectivity index (χ1v) is 6.58. The van der Waals surface area contributed by atoms with E-state index in [-0.39, 0.29) is 0 Å². The number of ether oxygens (including phenoxy) is 1. The smallest absolute Gasteiger partial charge is 0.213 e. The van der Waals surface area contributed by atoms with Gasteiger partial charge in [-0.2, -0.15) is 0 Å². The van der Waals surface area contributed by atoms with Crippen LogP contribution in [-0.2, 0) is 13.1 Å². The molecule has 1 aliphatic rings. The zero-order valence-corrected chi connectivity index (χ0v) is 11.0. The van der Waals surface area contributed by atoms with E-state index >= 15 is 0 Å². The van der Waals surface area contributed by atoms with Gasteiger partial charge in [-0.25, -0.2) is 9.97 Å². The molecule has 1 N–H and O–H groups in total. The molecule has 2 heterocycles. The molecule has 100 valence electrons. The van der Waals surface area contributed by atoms with Gasteiger partial charge in [0.25, 0.3) is 0 Å². The molecule has 0 amide bonds.